The summed E-state index contributed by atoms with van der Waals surface area (Å²) in [6.45, 7) is 1.89. The Balaban J connectivity index is 1.97. The topological polar surface area (TPSA) is 25.8 Å². The molecule has 0 bridgehead atoms. The first-order chi connectivity index (χ1) is 7.74. The number of aromatic nitrogens is 2. The minimum atomic E-state index is 0.767. The first kappa shape index (κ1) is 11.4. The summed E-state index contributed by atoms with van der Waals surface area (Å²) in [5, 5.41) is 0.767. The van der Waals surface area contributed by atoms with E-state index in [1.807, 2.05) is 43.6 Å². The van der Waals surface area contributed by atoms with Gasteiger partial charge in [0.1, 0.15) is 5.82 Å². The number of halogens is 1. The Morgan fingerprint density at radius 3 is 2.38 bits per heavy atom. The lowest BCUT2D eigenvalue weighted by Crippen LogP contribution is -1.89. The van der Waals surface area contributed by atoms with Gasteiger partial charge in [-0.1, -0.05) is 11.6 Å². The van der Waals surface area contributed by atoms with Crippen molar-refractivity contribution in [2.24, 2.45) is 0 Å². The van der Waals surface area contributed by atoms with Crippen LogP contribution in [0.4, 0.5) is 0 Å². The highest BCUT2D eigenvalue weighted by Crippen LogP contribution is 2.23. The fourth-order valence-corrected chi connectivity index (χ4v) is 2.13. The smallest absolute Gasteiger partial charge is 0.125 e. The summed E-state index contributed by atoms with van der Waals surface area (Å²) in [5.41, 5.74) is 1.13. The van der Waals surface area contributed by atoms with E-state index in [2.05, 4.69) is 9.97 Å². The highest BCUT2D eigenvalue weighted by Gasteiger charge is 1.97. The van der Waals surface area contributed by atoms with Gasteiger partial charge in [-0.2, -0.15) is 0 Å². The van der Waals surface area contributed by atoms with Crippen LogP contribution in [-0.2, 0) is 5.75 Å². The third kappa shape index (κ3) is 3.22. The molecule has 0 aliphatic heterocycles. The van der Waals surface area contributed by atoms with Crippen LogP contribution in [0.3, 0.4) is 0 Å². The van der Waals surface area contributed by atoms with Crippen molar-refractivity contribution in [1.29, 1.82) is 0 Å². The van der Waals surface area contributed by atoms with Crippen molar-refractivity contribution in [2.45, 2.75) is 17.6 Å². The van der Waals surface area contributed by atoms with Gasteiger partial charge in [-0.15, -0.1) is 11.8 Å². The highest BCUT2D eigenvalue weighted by atomic mass is 35.5. The number of nitrogens with zero attached hydrogens (tertiary/aromatic N) is 2. The number of benzene rings is 1. The molecule has 0 saturated heterocycles. The van der Waals surface area contributed by atoms with Gasteiger partial charge in [0.15, 0.2) is 0 Å². The van der Waals surface area contributed by atoms with Crippen molar-refractivity contribution < 1.29 is 0 Å². The van der Waals surface area contributed by atoms with Crippen LogP contribution in [0.25, 0.3) is 0 Å². The van der Waals surface area contributed by atoms with Gasteiger partial charge in [-0.25, -0.2) is 9.97 Å². The SMILES string of the molecule is Cc1ncc(CSc2ccc(Cl)cc2)cn1. The normalized spacial score (nSPS) is 10.4. The first-order valence-electron chi connectivity index (χ1n) is 4.90. The van der Waals surface area contributed by atoms with Gasteiger partial charge in [-0.3, -0.25) is 0 Å². The molecular formula is C12H11ClN2S. The molecule has 16 heavy (non-hydrogen) atoms. The molecule has 0 N–H and O–H groups in total. The van der Waals surface area contributed by atoms with E-state index in [1.165, 1.54) is 4.90 Å². The van der Waals surface area contributed by atoms with Crippen LogP contribution in [0.5, 0.6) is 0 Å². The van der Waals surface area contributed by atoms with Gasteiger partial charge >= 0.3 is 0 Å². The fourth-order valence-electron chi connectivity index (χ4n) is 1.19. The molecule has 2 rings (SSSR count). The fraction of sp³-hybridized carbons (Fsp3) is 0.167. The van der Waals surface area contributed by atoms with Crippen molar-refractivity contribution in [3.05, 3.63) is 53.1 Å². The number of hydrogen-bond acceptors (Lipinski definition) is 3. The van der Waals surface area contributed by atoms with E-state index < -0.39 is 0 Å². The number of aryl methyl sites for hydroxylation is 1. The molecule has 1 aromatic heterocycles. The molecular weight excluding hydrogens is 240 g/mol. The Kier molecular flexibility index (Phi) is 3.80. The van der Waals surface area contributed by atoms with E-state index in [1.54, 1.807) is 11.8 Å². The van der Waals surface area contributed by atoms with Crippen LogP contribution in [-0.4, -0.2) is 9.97 Å². The van der Waals surface area contributed by atoms with E-state index in [-0.39, 0.29) is 0 Å². The lowest BCUT2D eigenvalue weighted by molar-refractivity contribution is 1.03. The van der Waals surface area contributed by atoms with Crippen molar-refractivity contribution in [3.63, 3.8) is 0 Å². The second-order valence-corrected chi connectivity index (χ2v) is 4.87. The maximum atomic E-state index is 5.82. The lowest BCUT2D eigenvalue weighted by Gasteiger charge is -2.01. The molecule has 4 heteroatoms. The number of rotatable bonds is 3. The summed E-state index contributed by atoms with van der Waals surface area (Å²) in [4.78, 5) is 9.52. The Labute approximate surface area is 104 Å². The monoisotopic (exact) mass is 250 g/mol. The Morgan fingerprint density at radius 1 is 1.12 bits per heavy atom. The lowest BCUT2D eigenvalue weighted by atomic mass is 10.4. The van der Waals surface area contributed by atoms with Crippen molar-refractivity contribution in [2.75, 3.05) is 0 Å². The summed E-state index contributed by atoms with van der Waals surface area (Å²) in [6, 6.07) is 7.83. The predicted molar refractivity (Wildman–Crippen MR) is 67.8 cm³/mol. The molecule has 1 aromatic carbocycles. The minimum absolute atomic E-state index is 0.767. The maximum Gasteiger partial charge on any atom is 0.125 e. The second-order valence-electron chi connectivity index (χ2n) is 3.38. The van der Waals surface area contributed by atoms with Crippen molar-refractivity contribution in [1.82, 2.24) is 9.97 Å². The maximum absolute atomic E-state index is 5.82. The molecule has 0 amide bonds. The third-order valence-corrected chi connectivity index (χ3v) is 3.39. The number of thioether (sulfide) groups is 1. The van der Waals surface area contributed by atoms with Gasteiger partial charge in [0.05, 0.1) is 0 Å². The zero-order valence-electron chi connectivity index (χ0n) is 8.85. The summed E-state index contributed by atoms with van der Waals surface area (Å²) in [6.07, 6.45) is 3.73. The summed E-state index contributed by atoms with van der Waals surface area (Å²) in [5.74, 6) is 1.68. The zero-order valence-corrected chi connectivity index (χ0v) is 10.4. The summed E-state index contributed by atoms with van der Waals surface area (Å²) in [7, 11) is 0. The van der Waals surface area contributed by atoms with Crippen molar-refractivity contribution in [3.8, 4) is 0 Å². The molecule has 0 aliphatic rings. The zero-order chi connectivity index (χ0) is 11.4. The largest absolute Gasteiger partial charge is 0.241 e. The van der Waals surface area contributed by atoms with Crippen molar-refractivity contribution >= 4 is 23.4 Å². The second kappa shape index (κ2) is 5.32. The average molecular weight is 251 g/mol. The molecule has 2 aromatic rings. The molecule has 0 fully saturated rings. The molecule has 0 unspecified atom stereocenters. The molecule has 0 saturated carbocycles. The quantitative estimate of drug-likeness (QED) is 0.777. The molecule has 0 radical (unpaired) electrons. The van der Waals surface area contributed by atoms with E-state index in [0.29, 0.717) is 0 Å². The number of hydrogen-bond donors (Lipinski definition) is 0. The van der Waals surface area contributed by atoms with Gasteiger partial charge in [0.2, 0.25) is 0 Å². The molecule has 1 heterocycles. The molecule has 82 valence electrons. The van der Waals surface area contributed by atoms with Crippen LogP contribution in [0.1, 0.15) is 11.4 Å². The van der Waals surface area contributed by atoms with Crippen LogP contribution in [0.15, 0.2) is 41.6 Å². The minimum Gasteiger partial charge on any atom is -0.241 e. The molecule has 0 atom stereocenters. The Hall–Kier alpha value is -1.06. The van der Waals surface area contributed by atoms with E-state index in [9.17, 15) is 0 Å². The Morgan fingerprint density at radius 2 is 1.75 bits per heavy atom. The molecule has 0 spiro atoms. The van der Waals surface area contributed by atoms with Gasteiger partial charge in [-0.05, 0) is 36.8 Å². The van der Waals surface area contributed by atoms with E-state index in [0.717, 1.165) is 22.2 Å². The summed E-state index contributed by atoms with van der Waals surface area (Å²) >= 11 is 7.57. The highest BCUT2D eigenvalue weighted by molar-refractivity contribution is 7.98. The third-order valence-electron chi connectivity index (χ3n) is 2.05. The Bertz CT molecular complexity index is 408. The molecule has 0 aliphatic carbocycles. The summed E-state index contributed by atoms with van der Waals surface area (Å²) < 4.78 is 0. The first-order valence-corrected chi connectivity index (χ1v) is 6.26. The van der Waals surface area contributed by atoms with E-state index in [4.69, 9.17) is 11.6 Å². The van der Waals surface area contributed by atoms with Crippen LogP contribution in [0.2, 0.25) is 5.02 Å². The van der Waals surface area contributed by atoms with Gasteiger partial charge in [0, 0.05) is 28.1 Å². The average Bonchev–Trinajstić information content (AvgIpc) is 2.30. The standard InChI is InChI=1S/C12H11ClN2S/c1-9-14-6-10(7-15-9)8-16-12-4-2-11(13)3-5-12/h2-7H,8H2,1H3. The predicted octanol–water partition coefficient (Wildman–Crippen LogP) is 3.73. The van der Waals surface area contributed by atoms with Crippen LogP contribution in [0, 0.1) is 6.92 Å². The van der Waals surface area contributed by atoms with E-state index >= 15 is 0 Å². The van der Waals surface area contributed by atoms with Crippen LogP contribution < -0.4 is 0 Å². The van der Waals surface area contributed by atoms with Gasteiger partial charge < -0.3 is 0 Å². The molecule has 2 nitrogen and oxygen atoms in total. The van der Waals surface area contributed by atoms with Gasteiger partial charge in [0.25, 0.3) is 0 Å². The van der Waals surface area contributed by atoms with Crippen LogP contribution >= 0.6 is 23.4 Å².